The summed E-state index contributed by atoms with van der Waals surface area (Å²) in [4.78, 5) is 8.21. The van der Waals surface area contributed by atoms with Crippen LogP contribution in [-0.2, 0) is 7.05 Å². The van der Waals surface area contributed by atoms with E-state index in [2.05, 4.69) is 20.4 Å². The van der Waals surface area contributed by atoms with E-state index in [4.69, 9.17) is 4.74 Å². The molecule has 1 N–H and O–H groups in total. The number of aromatic nitrogens is 4. The molecule has 0 aliphatic carbocycles. The Bertz CT molecular complexity index is 535. The molecule has 2 rings (SSSR count). The summed E-state index contributed by atoms with van der Waals surface area (Å²) in [6.45, 7) is 5.86. The number of nitrogens with zero attached hydrogens (tertiary/aromatic N) is 4. The first-order chi connectivity index (χ1) is 8.54. The van der Waals surface area contributed by atoms with Crippen molar-refractivity contribution in [1.29, 1.82) is 0 Å². The van der Waals surface area contributed by atoms with Crippen LogP contribution in [0.4, 0.5) is 11.5 Å². The lowest BCUT2D eigenvalue weighted by atomic mass is 10.4. The molecule has 0 aromatic carbocycles. The maximum Gasteiger partial charge on any atom is 0.218 e. The van der Waals surface area contributed by atoms with Crippen LogP contribution in [0.5, 0.6) is 5.88 Å². The van der Waals surface area contributed by atoms with E-state index < -0.39 is 0 Å². The van der Waals surface area contributed by atoms with Gasteiger partial charge in [-0.1, -0.05) is 0 Å². The Hall–Kier alpha value is -2.11. The third kappa shape index (κ3) is 2.97. The molecule has 0 bridgehead atoms. The molecule has 0 aliphatic heterocycles. The molecule has 0 spiro atoms. The van der Waals surface area contributed by atoms with Crippen molar-refractivity contribution in [2.45, 2.75) is 26.9 Å². The molecule has 0 aliphatic rings. The zero-order valence-corrected chi connectivity index (χ0v) is 11.0. The molecule has 0 radical (unpaired) electrons. The van der Waals surface area contributed by atoms with Crippen LogP contribution in [0.3, 0.4) is 0 Å². The van der Waals surface area contributed by atoms with Crippen LogP contribution in [-0.4, -0.2) is 25.9 Å². The molecule has 0 atom stereocenters. The second kappa shape index (κ2) is 5.03. The van der Waals surface area contributed by atoms with Gasteiger partial charge in [0.05, 0.1) is 17.5 Å². The summed E-state index contributed by atoms with van der Waals surface area (Å²) in [7, 11) is 1.88. The van der Waals surface area contributed by atoms with Crippen LogP contribution in [0.2, 0.25) is 0 Å². The van der Waals surface area contributed by atoms with E-state index in [1.807, 2.05) is 34.0 Å². The highest BCUT2D eigenvalue weighted by atomic mass is 16.5. The summed E-state index contributed by atoms with van der Waals surface area (Å²) >= 11 is 0. The van der Waals surface area contributed by atoms with Crippen LogP contribution in [0.15, 0.2) is 18.6 Å². The third-order valence-corrected chi connectivity index (χ3v) is 2.27. The lowest BCUT2D eigenvalue weighted by Crippen LogP contribution is -2.07. The largest absolute Gasteiger partial charge is 0.475 e. The van der Waals surface area contributed by atoms with Crippen molar-refractivity contribution in [2.24, 2.45) is 7.05 Å². The monoisotopic (exact) mass is 247 g/mol. The molecule has 0 amide bonds. The zero-order valence-electron chi connectivity index (χ0n) is 11.0. The van der Waals surface area contributed by atoms with Gasteiger partial charge in [-0.15, -0.1) is 0 Å². The van der Waals surface area contributed by atoms with E-state index in [1.54, 1.807) is 10.7 Å². The predicted octanol–water partition coefficient (Wildman–Crippen LogP) is 2.05. The minimum Gasteiger partial charge on any atom is -0.475 e. The van der Waals surface area contributed by atoms with E-state index in [0.717, 1.165) is 11.4 Å². The molecule has 6 heteroatoms. The molecule has 6 nitrogen and oxygen atoms in total. The SMILES string of the molecule is Cc1nn(C)cc1Nc1cc(OC(C)C)ncn1. The fraction of sp³-hybridized carbons (Fsp3) is 0.417. The molecule has 0 fully saturated rings. The quantitative estimate of drug-likeness (QED) is 0.895. The summed E-state index contributed by atoms with van der Waals surface area (Å²) in [5.74, 6) is 1.25. The number of ether oxygens (including phenoxy) is 1. The second-order valence-electron chi connectivity index (χ2n) is 4.33. The normalized spacial score (nSPS) is 10.7. The van der Waals surface area contributed by atoms with Gasteiger partial charge >= 0.3 is 0 Å². The molecule has 2 heterocycles. The molecule has 2 aromatic rings. The van der Waals surface area contributed by atoms with Crippen molar-refractivity contribution in [2.75, 3.05) is 5.32 Å². The number of hydrogen-bond donors (Lipinski definition) is 1. The van der Waals surface area contributed by atoms with Gasteiger partial charge < -0.3 is 10.1 Å². The average molecular weight is 247 g/mol. The predicted molar refractivity (Wildman–Crippen MR) is 69.0 cm³/mol. The van der Waals surface area contributed by atoms with E-state index in [9.17, 15) is 0 Å². The van der Waals surface area contributed by atoms with Gasteiger partial charge in [0.25, 0.3) is 0 Å². The first kappa shape index (κ1) is 12.3. The number of anilines is 2. The Morgan fingerprint density at radius 1 is 1.33 bits per heavy atom. The molecule has 0 saturated heterocycles. The summed E-state index contributed by atoms with van der Waals surface area (Å²) in [5.41, 5.74) is 1.84. The molecular weight excluding hydrogens is 230 g/mol. The summed E-state index contributed by atoms with van der Waals surface area (Å²) in [6.07, 6.45) is 3.47. The van der Waals surface area contributed by atoms with Crippen molar-refractivity contribution >= 4 is 11.5 Å². The average Bonchev–Trinajstić information content (AvgIpc) is 2.57. The van der Waals surface area contributed by atoms with Crippen molar-refractivity contribution < 1.29 is 4.74 Å². The maximum absolute atomic E-state index is 5.52. The summed E-state index contributed by atoms with van der Waals surface area (Å²) < 4.78 is 7.27. The van der Waals surface area contributed by atoms with Crippen LogP contribution in [0.25, 0.3) is 0 Å². The first-order valence-corrected chi connectivity index (χ1v) is 5.80. The topological polar surface area (TPSA) is 64.9 Å². The standard InChI is InChI=1S/C12H17N5O/c1-8(2)18-12-5-11(13-7-14-12)15-10-6-17(4)16-9(10)3/h5-8H,1-4H3,(H,13,14,15). The minimum atomic E-state index is 0.0906. The van der Waals surface area contributed by atoms with Gasteiger partial charge in [-0.25, -0.2) is 9.97 Å². The van der Waals surface area contributed by atoms with E-state index >= 15 is 0 Å². The van der Waals surface area contributed by atoms with E-state index in [1.165, 1.54) is 6.33 Å². The Morgan fingerprint density at radius 2 is 2.11 bits per heavy atom. The second-order valence-corrected chi connectivity index (χ2v) is 4.33. The molecule has 18 heavy (non-hydrogen) atoms. The van der Waals surface area contributed by atoms with Gasteiger partial charge in [0.1, 0.15) is 12.1 Å². The van der Waals surface area contributed by atoms with Gasteiger partial charge in [-0.3, -0.25) is 4.68 Å². The molecule has 2 aromatic heterocycles. The van der Waals surface area contributed by atoms with Crippen molar-refractivity contribution in [3.05, 3.63) is 24.3 Å². The van der Waals surface area contributed by atoms with Crippen molar-refractivity contribution in [1.82, 2.24) is 19.7 Å². The number of rotatable bonds is 4. The fourth-order valence-electron chi connectivity index (χ4n) is 1.57. The summed E-state index contributed by atoms with van der Waals surface area (Å²) in [6, 6.07) is 1.77. The van der Waals surface area contributed by atoms with Crippen molar-refractivity contribution in [3.63, 3.8) is 0 Å². The highest BCUT2D eigenvalue weighted by Gasteiger charge is 2.06. The lowest BCUT2D eigenvalue weighted by Gasteiger charge is -2.09. The van der Waals surface area contributed by atoms with E-state index in [-0.39, 0.29) is 6.10 Å². The smallest absolute Gasteiger partial charge is 0.218 e. The van der Waals surface area contributed by atoms with Gasteiger partial charge in [0, 0.05) is 19.3 Å². The zero-order chi connectivity index (χ0) is 13.1. The van der Waals surface area contributed by atoms with Gasteiger partial charge in [0.2, 0.25) is 5.88 Å². The number of aryl methyl sites for hydroxylation is 2. The number of nitrogens with one attached hydrogen (secondary N) is 1. The van der Waals surface area contributed by atoms with Crippen LogP contribution in [0, 0.1) is 6.92 Å². The Balaban J connectivity index is 2.16. The van der Waals surface area contributed by atoms with Crippen LogP contribution >= 0.6 is 0 Å². The maximum atomic E-state index is 5.52. The minimum absolute atomic E-state index is 0.0906. The third-order valence-electron chi connectivity index (χ3n) is 2.27. The lowest BCUT2D eigenvalue weighted by molar-refractivity contribution is 0.232. The molecule has 0 saturated carbocycles. The van der Waals surface area contributed by atoms with Gasteiger partial charge in [0.15, 0.2) is 0 Å². The number of hydrogen-bond acceptors (Lipinski definition) is 5. The molecular formula is C12H17N5O. The van der Waals surface area contributed by atoms with Crippen molar-refractivity contribution in [3.8, 4) is 5.88 Å². The van der Waals surface area contributed by atoms with Crippen LogP contribution < -0.4 is 10.1 Å². The fourth-order valence-corrected chi connectivity index (χ4v) is 1.57. The van der Waals surface area contributed by atoms with E-state index in [0.29, 0.717) is 11.7 Å². The highest BCUT2D eigenvalue weighted by Crippen LogP contribution is 2.19. The van der Waals surface area contributed by atoms with Crippen LogP contribution in [0.1, 0.15) is 19.5 Å². The Morgan fingerprint density at radius 3 is 2.72 bits per heavy atom. The summed E-state index contributed by atoms with van der Waals surface area (Å²) in [5, 5.41) is 7.45. The first-order valence-electron chi connectivity index (χ1n) is 5.80. The Kier molecular flexibility index (Phi) is 3.45. The van der Waals surface area contributed by atoms with Gasteiger partial charge in [-0.05, 0) is 20.8 Å². The molecule has 96 valence electrons. The van der Waals surface area contributed by atoms with Gasteiger partial charge in [-0.2, -0.15) is 5.10 Å². The Labute approximate surface area is 106 Å². The highest BCUT2D eigenvalue weighted by molar-refractivity contribution is 5.57. The molecule has 0 unspecified atom stereocenters.